The Morgan fingerprint density at radius 3 is 2.75 bits per heavy atom. The minimum Gasteiger partial charge on any atom is -0.478 e. The van der Waals surface area contributed by atoms with Gasteiger partial charge in [0.1, 0.15) is 10.7 Å². The lowest BCUT2D eigenvalue weighted by molar-refractivity contribution is -0.402. The molecule has 0 spiro atoms. The predicted octanol–water partition coefficient (Wildman–Crippen LogP) is 3.15. The smallest absolute Gasteiger partial charge is 0.433 e. The molecule has 0 unspecified atom stereocenters. The van der Waals surface area contributed by atoms with Crippen LogP contribution in [0, 0.1) is 10.1 Å². The number of benzene rings is 1. The Kier molecular flexibility index (Phi) is 3.90. The van der Waals surface area contributed by atoms with Crippen molar-refractivity contribution in [2.24, 2.45) is 0 Å². The quantitative estimate of drug-likeness (QED) is 0.648. The van der Waals surface area contributed by atoms with Gasteiger partial charge in [-0.05, 0) is 24.3 Å². The first-order chi connectivity index (χ1) is 9.47. The standard InChI is InChI=1S/C12H9ClN2O5/c13-10-3-1-7(5-9(10)12(16)17)14-6-8-2-4-11(20-8)15(18)19/h1-5,14H,6H2,(H,16,17). The molecule has 0 aliphatic carbocycles. The first-order valence-electron chi connectivity index (χ1n) is 5.47. The van der Waals surface area contributed by atoms with E-state index in [1.165, 1.54) is 24.3 Å². The van der Waals surface area contributed by atoms with Crippen molar-refractivity contribution in [3.05, 3.63) is 56.8 Å². The third kappa shape index (κ3) is 3.07. The van der Waals surface area contributed by atoms with Crippen LogP contribution in [-0.4, -0.2) is 16.0 Å². The average molecular weight is 297 g/mol. The molecule has 0 radical (unpaired) electrons. The highest BCUT2D eigenvalue weighted by atomic mass is 35.5. The number of aromatic carboxylic acids is 1. The van der Waals surface area contributed by atoms with E-state index in [0.29, 0.717) is 11.4 Å². The molecular weight excluding hydrogens is 288 g/mol. The highest BCUT2D eigenvalue weighted by Crippen LogP contribution is 2.22. The van der Waals surface area contributed by atoms with Crippen molar-refractivity contribution < 1.29 is 19.2 Å². The zero-order valence-electron chi connectivity index (χ0n) is 10.00. The fourth-order valence-corrected chi connectivity index (χ4v) is 1.75. The van der Waals surface area contributed by atoms with Gasteiger partial charge >= 0.3 is 11.9 Å². The highest BCUT2D eigenvalue weighted by Gasteiger charge is 2.12. The lowest BCUT2D eigenvalue weighted by Gasteiger charge is -2.06. The summed E-state index contributed by atoms with van der Waals surface area (Å²) in [5, 5.41) is 22.4. The fourth-order valence-electron chi connectivity index (χ4n) is 1.55. The van der Waals surface area contributed by atoms with E-state index in [0.717, 1.165) is 0 Å². The van der Waals surface area contributed by atoms with Gasteiger partial charge in [0.05, 0.1) is 23.2 Å². The molecule has 0 fully saturated rings. The van der Waals surface area contributed by atoms with E-state index in [2.05, 4.69) is 5.32 Å². The third-order valence-electron chi connectivity index (χ3n) is 2.49. The number of carboxylic acids is 1. The number of hydrogen-bond acceptors (Lipinski definition) is 5. The van der Waals surface area contributed by atoms with E-state index in [1.807, 2.05) is 0 Å². The molecular formula is C12H9ClN2O5. The SMILES string of the molecule is O=C(O)c1cc(NCc2ccc([N+](=O)[O-])o2)ccc1Cl. The lowest BCUT2D eigenvalue weighted by Crippen LogP contribution is -2.02. The molecule has 0 aliphatic rings. The Morgan fingerprint density at radius 2 is 2.15 bits per heavy atom. The van der Waals surface area contributed by atoms with Crippen LogP contribution in [0.3, 0.4) is 0 Å². The topological polar surface area (TPSA) is 106 Å². The molecule has 2 aromatic rings. The maximum absolute atomic E-state index is 10.9. The molecule has 1 aromatic carbocycles. The summed E-state index contributed by atoms with van der Waals surface area (Å²) in [6, 6.07) is 7.16. The van der Waals surface area contributed by atoms with E-state index < -0.39 is 10.9 Å². The number of hydrogen-bond donors (Lipinski definition) is 2. The van der Waals surface area contributed by atoms with Crippen molar-refractivity contribution >= 4 is 29.1 Å². The molecule has 2 N–H and O–H groups in total. The van der Waals surface area contributed by atoms with Crippen molar-refractivity contribution in [2.75, 3.05) is 5.32 Å². The maximum Gasteiger partial charge on any atom is 0.433 e. The molecule has 8 heteroatoms. The molecule has 104 valence electrons. The summed E-state index contributed by atoms with van der Waals surface area (Å²) in [7, 11) is 0. The monoisotopic (exact) mass is 296 g/mol. The summed E-state index contributed by atoms with van der Waals surface area (Å²) < 4.78 is 4.96. The Hall–Kier alpha value is -2.54. The number of nitrogens with zero attached hydrogens (tertiary/aromatic N) is 1. The van der Waals surface area contributed by atoms with Crippen molar-refractivity contribution in [2.45, 2.75) is 6.54 Å². The largest absolute Gasteiger partial charge is 0.478 e. The molecule has 1 aromatic heterocycles. The van der Waals surface area contributed by atoms with Gasteiger partial charge in [0.2, 0.25) is 0 Å². The van der Waals surface area contributed by atoms with Crippen molar-refractivity contribution in [3.63, 3.8) is 0 Å². The molecule has 0 saturated carbocycles. The summed E-state index contributed by atoms with van der Waals surface area (Å²) >= 11 is 5.74. The van der Waals surface area contributed by atoms with E-state index >= 15 is 0 Å². The summed E-state index contributed by atoms with van der Waals surface area (Å²) in [5.41, 5.74) is 0.493. The second kappa shape index (κ2) is 5.62. The molecule has 0 bridgehead atoms. The molecule has 1 heterocycles. The van der Waals surface area contributed by atoms with Gasteiger partial charge in [0.15, 0.2) is 0 Å². The minimum atomic E-state index is -1.13. The van der Waals surface area contributed by atoms with E-state index in [-0.39, 0.29) is 23.0 Å². The Bertz CT molecular complexity index is 668. The third-order valence-corrected chi connectivity index (χ3v) is 2.82. The number of rotatable bonds is 5. The molecule has 0 amide bonds. The number of furan rings is 1. The molecule has 7 nitrogen and oxygen atoms in total. The highest BCUT2D eigenvalue weighted by molar-refractivity contribution is 6.33. The zero-order valence-corrected chi connectivity index (χ0v) is 10.8. The Balaban J connectivity index is 2.08. The number of nitrogens with one attached hydrogen (secondary N) is 1. The van der Waals surface area contributed by atoms with Crippen LogP contribution in [0.5, 0.6) is 0 Å². The van der Waals surface area contributed by atoms with E-state index in [1.54, 1.807) is 6.07 Å². The fraction of sp³-hybridized carbons (Fsp3) is 0.0833. The van der Waals surface area contributed by atoms with Crippen LogP contribution >= 0.6 is 11.6 Å². The molecule has 0 atom stereocenters. The van der Waals surface area contributed by atoms with Crippen LogP contribution in [0.4, 0.5) is 11.6 Å². The van der Waals surface area contributed by atoms with Crippen molar-refractivity contribution in [1.82, 2.24) is 0 Å². The second-order valence-corrected chi connectivity index (χ2v) is 4.26. The predicted molar refractivity (Wildman–Crippen MR) is 71.1 cm³/mol. The Morgan fingerprint density at radius 1 is 1.40 bits per heavy atom. The lowest BCUT2D eigenvalue weighted by atomic mass is 10.2. The van der Waals surface area contributed by atoms with Gasteiger partial charge in [0.25, 0.3) is 0 Å². The van der Waals surface area contributed by atoms with Crippen LogP contribution in [-0.2, 0) is 6.54 Å². The number of nitro groups is 1. The van der Waals surface area contributed by atoms with Crippen molar-refractivity contribution in [1.29, 1.82) is 0 Å². The van der Waals surface area contributed by atoms with Gasteiger partial charge in [-0.2, -0.15) is 0 Å². The maximum atomic E-state index is 10.9. The first kappa shape index (κ1) is 13.9. The molecule has 0 saturated heterocycles. The van der Waals surface area contributed by atoms with Crippen molar-refractivity contribution in [3.8, 4) is 0 Å². The average Bonchev–Trinajstić information content (AvgIpc) is 2.86. The summed E-state index contributed by atoms with van der Waals surface area (Å²) in [5.74, 6) is -1.11. The summed E-state index contributed by atoms with van der Waals surface area (Å²) in [4.78, 5) is 20.7. The van der Waals surface area contributed by atoms with E-state index in [9.17, 15) is 14.9 Å². The Labute approximate surface area is 117 Å². The normalized spacial score (nSPS) is 10.2. The molecule has 20 heavy (non-hydrogen) atoms. The van der Waals surface area contributed by atoms with Crippen LogP contribution in [0.25, 0.3) is 0 Å². The van der Waals surface area contributed by atoms with Gasteiger partial charge in [0, 0.05) is 5.69 Å². The number of anilines is 1. The van der Waals surface area contributed by atoms with Gasteiger partial charge < -0.3 is 14.8 Å². The molecule has 2 rings (SSSR count). The van der Waals surface area contributed by atoms with Gasteiger partial charge in [-0.25, -0.2) is 4.79 Å². The van der Waals surface area contributed by atoms with Crippen LogP contribution in [0.2, 0.25) is 5.02 Å². The van der Waals surface area contributed by atoms with Crippen LogP contribution < -0.4 is 5.32 Å². The van der Waals surface area contributed by atoms with E-state index in [4.69, 9.17) is 21.1 Å². The first-order valence-corrected chi connectivity index (χ1v) is 5.85. The van der Waals surface area contributed by atoms with Crippen LogP contribution in [0.1, 0.15) is 16.1 Å². The molecule has 0 aliphatic heterocycles. The second-order valence-electron chi connectivity index (χ2n) is 3.85. The number of halogens is 1. The number of carboxylic acid groups (broad SMARTS) is 1. The minimum absolute atomic E-state index is 0.0258. The summed E-state index contributed by atoms with van der Waals surface area (Å²) in [6.07, 6.45) is 0. The van der Waals surface area contributed by atoms with Gasteiger partial charge in [-0.1, -0.05) is 11.6 Å². The van der Waals surface area contributed by atoms with Gasteiger partial charge in [-0.3, -0.25) is 10.1 Å². The summed E-state index contributed by atoms with van der Waals surface area (Å²) in [6.45, 7) is 0.189. The van der Waals surface area contributed by atoms with Gasteiger partial charge in [-0.15, -0.1) is 0 Å². The number of carbonyl (C=O) groups is 1. The zero-order chi connectivity index (χ0) is 14.7. The van der Waals surface area contributed by atoms with Crippen LogP contribution in [0.15, 0.2) is 34.7 Å².